The van der Waals surface area contributed by atoms with E-state index in [4.69, 9.17) is 9.47 Å². The molecule has 1 aromatic carbocycles. The van der Waals surface area contributed by atoms with Crippen LogP contribution in [0.2, 0.25) is 0 Å². The molecule has 1 unspecified atom stereocenters. The van der Waals surface area contributed by atoms with Gasteiger partial charge in [-0.05, 0) is 57.9 Å². The highest BCUT2D eigenvalue weighted by Gasteiger charge is 2.18. The molecule has 0 amide bonds. The Labute approximate surface area is 136 Å². The van der Waals surface area contributed by atoms with E-state index >= 15 is 0 Å². The molecule has 0 spiro atoms. The van der Waals surface area contributed by atoms with E-state index in [0.717, 1.165) is 28.6 Å². The quantitative estimate of drug-likeness (QED) is 0.872. The van der Waals surface area contributed by atoms with Crippen molar-refractivity contribution < 1.29 is 14.6 Å². The molecule has 2 aromatic rings. The first kappa shape index (κ1) is 14.9. The molecule has 1 atom stereocenters. The van der Waals surface area contributed by atoms with E-state index < -0.39 is 6.10 Å². The zero-order chi connectivity index (χ0) is 14.7. The van der Waals surface area contributed by atoms with Crippen molar-refractivity contribution in [1.82, 2.24) is 0 Å². The third-order valence-electron chi connectivity index (χ3n) is 3.45. The summed E-state index contributed by atoms with van der Waals surface area (Å²) >= 11 is 5.24. The van der Waals surface area contributed by atoms with E-state index in [1.54, 1.807) is 11.3 Å². The average Bonchev–Trinajstić information content (AvgIpc) is 2.88. The summed E-state index contributed by atoms with van der Waals surface area (Å²) in [7, 11) is 0. The van der Waals surface area contributed by atoms with E-state index in [0.29, 0.717) is 25.4 Å². The monoisotopic (exact) mass is 368 g/mol. The maximum Gasteiger partial charge on any atom is 0.175 e. The number of halogens is 1. The number of hydrogen-bond donors (Lipinski definition) is 1. The molecule has 0 bridgehead atoms. The summed E-state index contributed by atoms with van der Waals surface area (Å²) in [6.07, 6.45) is 1.95. The summed E-state index contributed by atoms with van der Waals surface area (Å²) in [6, 6.07) is 7.95. The van der Waals surface area contributed by atoms with Crippen molar-refractivity contribution >= 4 is 27.3 Å². The van der Waals surface area contributed by atoms with Crippen LogP contribution in [0.5, 0.6) is 11.5 Å². The largest absolute Gasteiger partial charge is 0.490 e. The van der Waals surface area contributed by atoms with E-state index in [-0.39, 0.29) is 0 Å². The predicted molar refractivity (Wildman–Crippen MR) is 87.3 cm³/mol. The second-order valence-electron chi connectivity index (χ2n) is 5.01. The lowest BCUT2D eigenvalue weighted by Gasteiger charge is -2.15. The molecular formula is C16H17BrO3S. The van der Waals surface area contributed by atoms with Crippen molar-refractivity contribution in [3.05, 3.63) is 44.6 Å². The zero-order valence-electron chi connectivity index (χ0n) is 11.5. The number of aliphatic hydroxyl groups excluding tert-OH is 1. The SMILES string of the molecule is OC(CCc1cccs1)c1cc(Br)c2c(c1)OCCCO2. The van der Waals surface area contributed by atoms with Crippen molar-refractivity contribution in [2.45, 2.75) is 25.4 Å². The van der Waals surface area contributed by atoms with Gasteiger partial charge < -0.3 is 14.6 Å². The molecule has 0 saturated heterocycles. The second-order valence-corrected chi connectivity index (χ2v) is 6.90. The van der Waals surface area contributed by atoms with Crippen LogP contribution < -0.4 is 9.47 Å². The maximum atomic E-state index is 10.4. The van der Waals surface area contributed by atoms with Gasteiger partial charge in [0, 0.05) is 11.3 Å². The van der Waals surface area contributed by atoms with E-state index in [9.17, 15) is 5.11 Å². The van der Waals surface area contributed by atoms with Crippen molar-refractivity contribution in [1.29, 1.82) is 0 Å². The average molecular weight is 369 g/mol. The van der Waals surface area contributed by atoms with Crippen LogP contribution in [0, 0.1) is 0 Å². The van der Waals surface area contributed by atoms with Gasteiger partial charge in [-0.3, -0.25) is 0 Å². The van der Waals surface area contributed by atoms with Crippen LogP contribution in [0.3, 0.4) is 0 Å². The van der Waals surface area contributed by atoms with E-state index in [1.807, 2.05) is 18.2 Å². The minimum atomic E-state index is -0.499. The molecule has 0 radical (unpaired) electrons. The molecule has 2 heterocycles. The van der Waals surface area contributed by atoms with Crippen LogP contribution in [-0.2, 0) is 6.42 Å². The predicted octanol–water partition coefficient (Wildman–Crippen LogP) is 4.34. The fourth-order valence-corrected chi connectivity index (χ4v) is 3.64. The number of thiophene rings is 1. The Morgan fingerprint density at radius 3 is 2.95 bits per heavy atom. The van der Waals surface area contributed by atoms with Gasteiger partial charge in [0.25, 0.3) is 0 Å². The molecule has 5 heteroatoms. The number of hydrogen-bond acceptors (Lipinski definition) is 4. The highest BCUT2D eigenvalue weighted by atomic mass is 79.9. The lowest BCUT2D eigenvalue weighted by atomic mass is 10.0. The second kappa shape index (κ2) is 6.81. The van der Waals surface area contributed by atoms with Crippen molar-refractivity contribution in [2.24, 2.45) is 0 Å². The van der Waals surface area contributed by atoms with Gasteiger partial charge in [0.2, 0.25) is 0 Å². The number of aliphatic hydroxyl groups is 1. The molecule has 3 rings (SSSR count). The van der Waals surface area contributed by atoms with Crippen molar-refractivity contribution in [2.75, 3.05) is 13.2 Å². The number of benzene rings is 1. The van der Waals surface area contributed by atoms with Crippen LogP contribution in [0.4, 0.5) is 0 Å². The van der Waals surface area contributed by atoms with Gasteiger partial charge >= 0.3 is 0 Å². The summed E-state index contributed by atoms with van der Waals surface area (Å²) in [6.45, 7) is 1.31. The lowest BCUT2D eigenvalue weighted by Crippen LogP contribution is -2.01. The number of rotatable bonds is 4. The fourth-order valence-electron chi connectivity index (χ4n) is 2.34. The van der Waals surface area contributed by atoms with E-state index in [2.05, 4.69) is 27.4 Å². The molecular weight excluding hydrogens is 352 g/mol. The van der Waals surface area contributed by atoms with Crippen LogP contribution in [0.15, 0.2) is 34.1 Å². The van der Waals surface area contributed by atoms with Crippen molar-refractivity contribution in [3.8, 4) is 11.5 Å². The highest BCUT2D eigenvalue weighted by molar-refractivity contribution is 9.10. The Morgan fingerprint density at radius 1 is 1.29 bits per heavy atom. The molecule has 0 fully saturated rings. The summed E-state index contributed by atoms with van der Waals surface area (Å²) < 4.78 is 12.2. The van der Waals surface area contributed by atoms with Crippen LogP contribution in [0.25, 0.3) is 0 Å². The van der Waals surface area contributed by atoms with Gasteiger partial charge in [0.05, 0.1) is 23.8 Å². The van der Waals surface area contributed by atoms with Crippen LogP contribution in [-0.4, -0.2) is 18.3 Å². The van der Waals surface area contributed by atoms with Gasteiger partial charge in [0.1, 0.15) is 0 Å². The summed E-state index contributed by atoms with van der Waals surface area (Å²) in [5.41, 5.74) is 0.864. The minimum Gasteiger partial charge on any atom is -0.490 e. The molecule has 0 saturated carbocycles. The normalized spacial score (nSPS) is 15.5. The Bertz CT molecular complexity index is 598. The molecule has 1 aliphatic heterocycles. The van der Waals surface area contributed by atoms with Gasteiger partial charge in [0.15, 0.2) is 11.5 Å². The van der Waals surface area contributed by atoms with Crippen LogP contribution in [0.1, 0.15) is 29.4 Å². The van der Waals surface area contributed by atoms with Gasteiger partial charge in [-0.15, -0.1) is 11.3 Å². The Balaban J connectivity index is 1.75. The Kier molecular flexibility index (Phi) is 4.83. The molecule has 0 aliphatic carbocycles. The minimum absolute atomic E-state index is 0.499. The maximum absolute atomic E-state index is 10.4. The molecule has 1 aliphatic rings. The number of fused-ring (bicyclic) bond motifs is 1. The molecule has 3 nitrogen and oxygen atoms in total. The van der Waals surface area contributed by atoms with Crippen LogP contribution >= 0.6 is 27.3 Å². The summed E-state index contributed by atoms with van der Waals surface area (Å²) in [5.74, 6) is 1.45. The van der Waals surface area contributed by atoms with E-state index in [1.165, 1.54) is 4.88 Å². The number of aryl methyl sites for hydroxylation is 1. The Morgan fingerprint density at radius 2 is 2.14 bits per heavy atom. The summed E-state index contributed by atoms with van der Waals surface area (Å²) in [5, 5.41) is 12.5. The highest BCUT2D eigenvalue weighted by Crippen LogP contribution is 2.40. The standard InChI is InChI=1S/C16H17BrO3S/c17-13-9-11(10-15-16(13)20-7-2-6-19-15)14(18)5-4-12-3-1-8-21-12/h1,3,8-10,14,18H,2,4-7H2. The smallest absolute Gasteiger partial charge is 0.175 e. The van der Waals surface area contributed by atoms with Gasteiger partial charge in [-0.25, -0.2) is 0 Å². The van der Waals surface area contributed by atoms with Gasteiger partial charge in [-0.2, -0.15) is 0 Å². The third kappa shape index (κ3) is 3.59. The number of ether oxygens (including phenoxy) is 2. The fraction of sp³-hybridized carbons (Fsp3) is 0.375. The van der Waals surface area contributed by atoms with Crippen molar-refractivity contribution in [3.63, 3.8) is 0 Å². The molecule has 1 N–H and O–H groups in total. The molecule has 1 aromatic heterocycles. The molecule has 21 heavy (non-hydrogen) atoms. The molecule has 112 valence electrons. The third-order valence-corrected chi connectivity index (χ3v) is 4.98. The first-order valence-electron chi connectivity index (χ1n) is 7.03. The zero-order valence-corrected chi connectivity index (χ0v) is 14.0. The lowest BCUT2D eigenvalue weighted by molar-refractivity contribution is 0.167. The Hall–Kier alpha value is -1.04. The summed E-state index contributed by atoms with van der Waals surface area (Å²) in [4.78, 5) is 1.29. The van der Waals surface area contributed by atoms with Gasteiger partial charge in [-0.1, -0.05) is 6.07 Å². The first-order chi connectivity index (χ1) is 10.2. The first-order valence-corrected chi connectivity index (χ1v) is 8.71. The topological polar surface area (TPSA) is 38.7 Å².